The standard InChI is InChI=1S/C32H29BrClN5O3/c1-4-5-30-37-29-15-6-23(33)17-28(29)32(41)39(30)35-18-22-16-20(2)38(21(22)3)26-11-13-27(14-12-26)42-19-31(40)36-25-9-7-24(34)8-10-25/h6-18H,4-5,19H2,1-3H3,(H,36,40). The number of anilines is 1. The second kappa shape index (κ2) is 12.8. The zero-order chi connectivity index (χ0) is 29.8. The van der Waals surface area contributed by atoms with Gasteiger partial charge in [-0.15, -0.1) is 0 Å². The summed E-state index contributed by atoms with van der Waals surface area (Å²) in [5.74, 6) is 0.935. The van der Waals surface area contributed by atoms with Crippen LogP contribution in [0.1, 0.15) is 36.1 Å². The Balaban J connectivity index is 1.33. The van der Waals surface area contributed by atoms with E-state index < -0.39 is 0 Å². The third-order valence-corrected chi connectivity index (χ3v) is 7.47. The molecule has 0 radical (unpaired) electrons. The van der Waals surface area contributed by atoms with Crippen molar-refractivity contribution in [3.05, 3.63) is 115 Å². The molecule has 2 heterocycles. The highest BCUT2D eigenvalue weighted by molar-refractivity contribution is 9.10. The Bertz CT molecular complexity index is 1840. The monoisotopic (exact) mass is 645 g/mol. The predicted octanol–water partition coefficient (Wildman–Crippen LogP) is 7.07. The summed E-state index contributed by atoms with van der Waals surface area (Å²) < 4.78 is 10.00. The van der Waals surface area contributed by atoms with Crippen LogP contribution in [-0.4, -0.2) is 33.0 Å². The molecular formula is C32H29BrClN5O3. The molecule has 0 atom stereocenters. The number of carbonyl (C=O) groups is 1. The van der Waals surface area contributed by atoms with Crippen LogP contribution in [0.5, 0.6) is 5.75 Å². The van der Waals surface area contributed by atoms with E-state index in [1.807, 2.05) is 63.2 Å². The van der Waals surface area contributed by atoms with Gasteiger partial charge in [0.25, 0.3) is 11.5 Å². The Labute approximate surface area is 256 Å². The molecule has 0 saturated carbocycles. The van der Waals surface area contributed by atoms with Gasteiger partial charge in [0.2, 0.25) is 0 Å². The lowest BCUT2D eigenvalue weighted by molar-refractivity contribution is -0.118. The lowest BCUT2D eigenvalue weighted by Gasteiger charge is -2.12. The first-order valence-corrected chi connectivity index (χ1v) is 14.6. The first-order valence-electron chi connectivity index (χ1n) is 13.5. The lowest BCUT2D eigenvalue weighted by atomic mass is 10.2. The van der Waals surface area contributed by atoms with Crippen molar-refractivity contribution < 1.29 is 9.53 Å². The van der Waals surface area contributed by atoms with Gasteiger partial charge in [-0.25, -0.2) is 4.98 Å². The molecule has 0 spiro atoms. The van der Waals surface area contributed by atoms with Crippen LogP contribution in [0.4, 0.5) is 5.69 Å². The van der Waals surface area contributed by atoms with Crippen molar-refractivity contribution in [3.63, 3.8) is 0 Å². The Morgan fingerprint density at radius 2 is 1.81 bits per heavy atom. The minimum atomic E-state index is -0.266. The normalized spacial score (nSPS) is 11.4. The van der Waals surface area contributed by atoms with Crippen LogP contribution in [0.15, 0.2) is 87.2 Å². The van der Waals surface area contributed by atoms with Gasteiger partial charge in [0.05, 0.1) is 17.1 Å². The number of aromatic nitrogens is 3. The van der Waals surface area contributed by atoms with Crippen LogP contribution >= 0.6 is 27.5 Å². The first-order chi connectivity index (χ1) is 20.2. The van der Waals surface area contributed by atoms with Crippen LogP contribution in [0.2, 0.25) is 5.02 Å². The molecule has 0 unspecified atom stereocenters. The van der Waals surface area contributed by atoms with Crippen molar-refractivity contribution in [2.75, 3.05) is 11.9 Å². The smallest absolute Gasteiger partial charge is 0.282 e. The molecule has 0 saturated heterocycles. The van der Waals surface area contributed by atoms with Gasteiger partial charge in [-0.05, 0) is 93.1 Å². The van der Waals surface area contributed by atoms with E-state index in [0.29, 0.717) is 39.6 Å². The zero-order valence-electron chi connectivity index (χ0n) is 23.4. The Hall–Kier alpha value is -4.21. The molecule has 0 fully saturated rings. The van der Waals surface area contributed by atoms with E-state index in [4.69, 9.17) is 21.3 Å². The summed E-state index contributed by atoms with van der Waals surface area (Å²) >= 11 is 9.34. The Morgan fingerprint density at radius 3 is 2.52 bits per heavy atom. The van der Waals surface area contributed by atoms with Gasteiger partial charge in [-0.2, -0.15) is 9.78 Å². The highest BCUT2D eigenvalue weighted by Gasteiger charge is 2.13. The summed E-state index contributed by atoms with van der Waals surface area (Å²) in [6, 6.07) is 21.9. The molecule has 10 heteroatoms. The molecule has 0 aliphatic carbocycles. The topological polar surface area (TPSA) is 90.5 Å². The number of amides is 1. The number of nitrogens with zero attached hydrogens (tertiary/aromatic N) is 4. The number of benzene rings is 3. The fourth-order valence-corrected chi connectivity index (χ4v) is 5.19. The van der Waals surface area contributed by atoms with Crippen molar-refractivity contribution in [3.8, 4) is 11.4 Å². The highest BCUT2D eigenvalue weighted by Crippen LogP contribution is 2.23. The van der Waals surface area contributed by atoms with E-state index in [9.17, 15) is 9.59 Å². The second-order valence-corrected chi connectivity index (χ2v) is 11.2. The maximum Gasteiger partial charge on any atom is 0.282 e. The molecule has 3 aromatic carbocycles. The molecule has 0 aliphatic rings. The summed E-state index contributed by atoms with van der Waals surface area (Å²) in [6.07, 6.45) is 3.18. The molecule has 5 aromatic rings. The maximum atomic E-state index is 13.3. The first kappa shape index (κ1) is 29.3. The quantitative estimate of drug-likeness (QED) is 0.174. The molecule has 0 bridgehead atoms. The zero-order valence-corrected chi connectivity index (χ0v) is 25.7. The van der Waals surface area contributed by atoms with Gasteiger partial charge in [-0.1, -0.05) is 34.5 Å². The largest absolute Gasteiger partial charge is 0.484 e. The van der Waals surface area contributed by atoms with Crippen molar-refractivity contribution in [1.29, 1.82) is 0 Å². The van der Waals surface area contributed by atoms with E-state index >= 15 is 0 Å². The SMILES string of the molecule is CCCc1nc2ccc(Br)cc2c(=O)n1N=Cc1cc(C)n(-c2ccc(OCC(=O)Nc3ccc(Cl)cc3)cc2)c1C. The van der Waals surface area contributed by atoms with Gasteiger partial charge in [0.1, 0.15) is 11.6 Å². The van der Waals surface area contributed by atoms with E-state index in [0.717, 1.165) is 33.5 Å². The van der Waals surface area contributed by atoms with E-state index in [1.54, 1.807) is 36.5 Å². The molecule has 1 N–H and O–H groups in total. The number of halogens is 2. The number of hydrogen-bond donors (Lipinski definition) is 1. The van der Waals surface area contributed by atoms with Gasteiger partial charge < -0.3 is 14.6 Å². The number of nitrogens with one attached hydrogen (secondary N) is 1. The lowest BCUT2D eigenvalue weighted by Crippen LogP contribution is -2.22. The second-order valence-electron chi connectivity index (χ2n) is 9.80. The van der Waals surface area contributed by atoms with E-state index in [2.05, 4.69) is 30.9 Å². The molecule has 214 valence electrons. The van der Waals surface area contributed by atoms with Gasteiger partial charge in [0, 0.05) is 44.2 Å². The minimum Gasteiger partial charge on any atom is -0.484 e. The predicted molar refractivity (Wildman–Crippen MR) is 172 cm³/mol. The van der Waals surface area contributed by atoms with Gasteiger partial charge in [0.15, 0.2) is 6.61 Å². The molecular weight excluding hydrogens is 618 g/mol. The summed E-state index contributed by atoms with van der Waals surface area (Å²) in [7, 11) is 0. The Morgan fingerprint density at radius 1 is 1.07 bits per heavy atom. The number of hydrogen-bond acceptors (Lipinski definition) is 5. The fraction of sp³-hybridized carbons (Fsp3) is 0.188. The number of carbonyl (C=O) groups excluding carboxylic acids is 1. The summed E-state index contributed by atoms with van der Waals surface area (Å²) in [5, 5.41) is 8.48. The number of aryl methyl sites for hydroxylation is 2. The highest BCUT2D eigenvalue weighted by atomic mass is 79.9. The average molecular weight is 647 g/mol. The minimum absolute atomic E-state index is 0.121. The van der Waals surface area contributed by atoms with Crippen LogP contribution in [0.25, 0.3) is 16.6 Å². The molecule has 2 aromatic heterocycles. The molecule has 0 aliphatic heterocycles. The number of ether oxygens (including phenoxy) is 1. The van der Waals surface area contributed by atoms with Crippen molar-refractivity contribution in [2.24, 2.45) is 5.10 Å². The summed E-state index contributed by atoms with van der Waals surface area (Å²) in [6.45, 7) is 5.95. The van der Waals surface area contributed by atoms with Crippen molar-refractivity contribution in [2.45, 2.75) is 33.6 Å². The molecule has 5 rings (SSSR count). The van der Waals surface area contributed by atoms with Crippen molar-refractivity contribution in [1.82, 2.24) is 14.2 Å². The number of fused-ring (bicyclic) bond motifs is 1. The summed E-state index contributed by atoms with van der Waals surface area (Å²) in [4.78, 5) is 30.3. The fourth-order valence-electron chi connectivity index (χ4n) is 4.71. The molecule has 1 amide bonds. The van der Waals surface area contributed by atoms with Crippen LogP contribution in [-0.2, 0) is 11.2 Å². The van der Waals surface area contributed by atoms with Crippen molar-refractivity contribution >= 4 is 56.2 Å². The molecule has 42 heavy (non-hydrogen) atoms. The van der Waals surface area contributed by atoms with Gasteiger partial charge >= 0.3 is 0 Å². The molecule has 8 nitrogen and oxygen atoms in total. The third kappa shape index (κ3) is 6.48. The van der Waals surface area contributed by atoms with Crippen LogP contribution < -0.4 is 15.6 Å². The van der Waals surface area contributed by atoms with E-state index in [1.165, 1.54) is 4.68 Å². The van der Waals surface area contributed by atoms with Crippen LogP contribution in [0.3, 0.4) is 0 Å². The van der Waals surface area contributed by atoms with Gasteiger partial charge in [-0.3, -0.25) is 9.59 Å². The maximum absolute atomic E-state index is 13.3. The summed E-state index contributed by atoms with van der Waals surface area (Å²) in [5.41, 5.74) is 4.90. The van der Waals surface area contributed by atoms with E-state index in [-0.39, 0.29) is 18.1 Å². The Kier molecular flexibility index (Phi) is 8.89. The average Bonchev–Trinajstić information content (AvgIpc) is 3.26. The van der Waals surface area contributed by atoms with Crippen LogP contribution in [0, 0.1) is 13.8 Å². The third-order valence-electron chi connectivity index (χ3n) is 6.72. The number of rotatable bonds is 9.